The topological polar surface area (TPSA) is 21.3 Å². The molecule has 2 nitrogen and oxygen atoms in total. The molecule has 1 N–H and O–H groups in total. The molecule has 0 spiro atoms. The molecule has 1 aromatic carbocycles. The molecular formula is C15H25NO. The van der Waals surface area contributed by atoms with Gasteiger partial charge in [0.05, 0.1) is 7.11 Å². The Balaban J connectivity index is 2.46. The first-order valence-corrected chi connectivity index (χ1v) is 6.53. The fourth-order valence-corrected chi connectivity index (χ4v) is 1.88. The Bertz CT molecular complexity index is 307. The highest BCUT2D eigenvalue weighted by Gasteiger charge is 2.11. The lowest BCUT2D eigenvalue weighted by molar-refractivity contribution is 0.398. The van der Waals surface area contributed by atoms with Crippen LogP contribution in [0.5, 0.6) is 5.75 Å². The van der Waals surface area contributed by atoms with Gasteiger partial charge in [-0.25, -0.2) is 0 Å². The van der Waals surface area contributed by atoms with Crippen LogP contribution in [0.3, 0.4) is 0 Å². The van der Waals surface area contributed by atoms with Crippen LogP contribution in [0.2, 0.25) is 0 Å². The summed E-state index contributed by atoms with van der Waals surface area (Å²) in [6, 6.07) is 8.94. The number of hydrogen-bond acceptors (Lipinski definition) is 2. The number of methoxy groups -OCH3 is 1. The van der Waals surface area contributed by atoms with Crippen molar-refractivity contribution < 1.29 is 4.74 Å². The minimum atomic E-state index is 0.567. The maximum Gasteiger partial charge on any atom is 0.118 e. The molecule has 0 aliphatic carbocycles. The minimum absolute atomic E-state index is 0.567. The van der Waals surface area contributed by atoms with Gasteiger partial charge in [-0.1, -0.05) is 26.0 Å². The van der Waals surface area contributed by atoms with Crippen LogP contribution in [-0.4, -0.2) is 19.7 Å². The second kappa shape index (κ2) is 7.33. The van der Waals surface area contributed by atoms with E-state index in [4.69, 9.17) is 4.74 Å². The van der Waals surface area contributed by atoms with Crippen molar-refractivity contribution in [3.05, 3.63) is 29.8 Å². The van der Waals surface area contributed by atoms with Gasteiger partial charge in [0, 0.05) is 6.04 Å². The zero-order valence-corrected chi connectivity index (χ0v) is 11.5. The van der Waals surface area contributed by atoms with E-state index in [2.05, 4.69) is 38.2 Å². The Labute approximate surface area is 105 Å². The molecule has 96 valence electrons. The molecule has 1 aromatic rings. The minimum Gasteiger partial charge on any atom is -0.497 e. The lowest BCUT2D eigenvalue weighted by Crippen LogP contribution is -2.33. The molecule has 0 bridgehead atoms. The molecule has 0 heterocycles. The Morgan fingerprint density at radius 1 is 1.18 bits per heavy atom. The zero-order chi connectivity index (χ0) is 12.7. The zero-order valence-electron chi connectivity index (χ0n) is 11.5. The first-order valence-electron chi connectivity index (χ1n) is 6.53. The Morgan fingerprint density at radius 2 is 1.82 bits per heavy atom. The lowest BCUT2D eigenvalue weighted by atomic mass is 9.95. The van der Waals surface area contributed by atoms with Gasteiger partial charge in [0.15, 0.2) is 0 Å². The summed E-state index contributed by atoms with van der Waals surface area (Å²) in [5.41, 5.74) is 1.38. The number of nitrogens with one attached hydrogen (secondary N) is 1. The van der Waals surface area contributed by atoms with Crippen LogP contribution >= 0.6 is 0 Å². The predicted octanol–water partition coefficient (Wildman–Crippen LogP) is 3.26. The Morgan fingerprint density at radius 3 is 2.35 bits per heavy atom. The summed E-state index contributed by atoms with van der Waals surface area (Å²) in [7, 11) is 1.70. The number of benzene rings is 1. The van der Waals surface area contributed by atoms with Gasteiger partial charge >= 0.3 is 0 Å². The van der Waals surface area contributed by atoms with Crippen LogP contribution in [0.4, 0.5) is 0 Å². The quantitative estimate of drug-likeness (QED) is 0.783. The van der Waals surface area contributed by atoms with Crippen LogP contribution in [0.15, 0.2) is 24.3 Å². The molecule has 17 heavy (non-hydrogen) atoms. The second-order valence-electron chi connectivity index (χ2n) is 4.77. The van der Waals surface area contributed by atoms with Crippen molar-refractivity contribution in [2.24, 2.45) is 5.92 Å². The van der Waals surface area contributed by atoms with E-state index >= 15 is 0 Å². The third-order valence-corrected chi connectivity index (χ3v) is 3.29. The fraction of sp³-hybridized carbons (Fsp3) is 0.600. The van der Waals surface area contributed by atoms with Crippen LogP contribution in [0, 0.1) is 5.92 Å². The average molecular weight is 235 g/mol. The first-order chi connectivity index (χ1) is 8.17. The Hall–Kier alpha value is -1.02. The third-order valence-electron chi connectivity index (χ3n) is 3.29. The molecule has 0 saturated carbocycles. The van der Waals surface area contributed by atoms with E-state index < -0.39 is 0 Å². The SMILES string of the molecule is CCCNC(C)C(C)Cc1ccc(OC)cc1. The highest BCUT2D eigenvalue weighted by molar-refractivity contribution is 5.27. The second-order valence-corrected chi connectivity index (χ2v) is 4.77. The van der Waals surface area contributed by atoms with E-state index in [1.807, 2.05) is 12.1 Å². The van der Waals surface area contributed by atoms with Gasteiger partial charge in [0.1, 0.15) is 5.75 Å². The van der Waals surface area contributed by atoms with E-state index in [-0.39, 0.29) is 0 Å². The maximum atomic E-state index is 5.16. The van der Waals surface area contributed by atoms with Crippen LogP contribution in [-0.2, 0) is 6.42 Å². The molecule has 0 radical (unpaired) electrons. The van der Waals surface area contributed by atoms with Gasteiger partial charge in [-0.15, -0.1) is 0 Å². The average Bonchev–Trinajstić information content (AvgIpc) is 2.36. The normalized spacial score (nSPS) is 14.4. The van der Waals surface area contributed by atoms with Crippen LogP contribution in [0.25, 0.3) is 0 Å². The molecule has 0 fully saturated rings. The fourth-order valence-electron chi connectivity index (χ4n) is 1.88. The van der Waals surface area contributed by atoms with E-state index in [9.17, 15) is 0 Å². The van der Waals surface area contributed by atoms with Gasteiger partial charge in [-0.05, 0) is 49.9 Å². The third kappa shape index (κ3) is 4.78. The number of ether oxygens (including phenoxy) is 1. The Kier molecular flexibility index (Phi) is 6.06. The van der Waals surface area contributed by atoms with E-state index in [1.54, 1.807) is 7.11 Å². The lowest BCUT2D eigenvalue weighted by Gasteiger charge is -2.21. The van der Waals surface area contributed by atoms with E-state index in [1.165, 1.54) is 12.0 Å². The van der Waals surface area contributed by atoms with E-state index in [0.717, 1.165) is 18.7 Å². The van der Waals surface area contributed by atoms with Crippen molar-refractivity contribution in [1.82, 2.24) is 5.32 Å². The standard InChI is InChI=1S/C15H25NO/c1-5-10-16-13(3)12(2)11-14-6-8-15(17-4)9-7-14/h6-9,12-13,16H,5,10-11H2,1-4H3. The molecule has 2 unspecified atom stereocenters. The summed E-state index contributed by atoms with van der Waals surface area (Å²) in [6.45, 7) is 7.88. The number of rotatable bonds is 7. The molecule has 2 heteroatoms. The molecule has 0 amide bonds. The summed E-state index contributed by atoms with van der Waals surface area (Å²) >= 11 is 0. The largest absolute Gasteiger partial charge is 0.497 e. The predicted molar refractivity (Wildman–Crippen MR) is 73.6 cm³/mol. The monoisotopic (exact) mass is 235 g/mol. The molecule has 2 atom stereocenters. The number of hydrogen-bond donors (Lipinski definition) is 1. The highest BCUT2D eigenvalue weighted by atomic mass is 16.5. The molecule has 0 aliphatic rings. The molecule has 0 saturated heterocycles. The summed E-state index contributed by atoms with van der Waals surface area (Å²) in [4.78, 5) is 0. The first kappa shape index (κ1) is 14.0. The summed E-state index contributed by atoms with van der Waals surface area (Å²) < 4.78 is 5.16. The maximum absolute atomic E-state index is 5.16. The van der Waals surface area contributed by atoms with Gasteiger partial charge in [0.25, 0.3) is 0 Å². The smallest absolute Gasteiger partial charge is 0.118 e. The highest BCUT2D eigenvalue weighted by Crippen LogP contribution is 2.16. The molecule has 0 aromatic heterocycles. The van der Waals surface area contributed by atoms with Gasteiger partial charge in [-0.2, -0.15) is 0 Å². The van der Waals surface area contributed by atoms with Crippen molar-refractivity contribution in [3.8, 4) is 5.75 Å². The van der Waals surface area contributed by atoms with E-state index in [0.29, 0.717) is 12.0 Å². The van der Waals surface area contributed by atoms with Crippen LogP contribution < -0.4 is 10.1 Å². The van der Waals surface area contributed by atoms with Gasteiger partial charge in [0.2, 0.25) is 0 Å². The van der Waals surface area contributed by atoms with Crippen molar-refractivity contribution in [2.75, 3.05) is 13.7 Å². The molecule has 1 rings (SSSR count). The van der Waals surface area contributed by atoms with Crippen molar-refractivity contribution in [1.29, 1.82) is 0 Å². The van der Waals surface area contributed by atoms with Crippen molar-refractivity contribution >= 4 is 0 Å². The summed E-state index contributed by atoms with van der Waals surface area (Å²) in [6.07, 6.45) is 2.31. The van der Waals surface area contributed by atoms with Crippen LogP contribution in [0.1, 0.15) is 32.8 Å². The van der Waals surface area contributed by atoms with Gasteiger partial charge in [-0.3, -0.25) is 0 Å². The molecular weight excluding hydrogens is 210 g/mol. The summed E-state index contributed by atoms with van der Waals surface area (Å²) in [5.74, 6) is 1.58. The van der Waals surface area contributed by atoms with Gasteiger partial charge < -0.3 is 10.1 Å². The molecule has 0 aliphatic heterocycles. The summed E-state index contributed by atoms with van der Waals surface area (Å²) in [5, 5.41) is 3.55. The van der Waals surface area contributed by atoms with Crippen molar-refractivity contribution in [2.45, 2.75) is 39.7 Å². The van der Waals surface area contributed by atoms with Crippen molar-refractivity contribution in [3.63, 3.8) is 0 Å².